The summed E-state index contributed by atoms with van der Waals surface area (Å²) in [6, 6.07) is 5.68. The summed E-state index contributed by atoms with van der Waals surface area (Å²) in [4.78, 5) is 28.0. The van der Waals surface area contributed by atoms with Crippen LogP contribution in [0.3, 0.4) is 0 Å². The Morgan fingerprint density at radius 1 is 1.32 bits per heavy atom. The monoisotopic (exact) mass is 346 g/mol. The summed E-state index contributed by atoms with van der Waals surface area (Å²) in [6.45, 7) is 6.57. The van der Waals surface area contributed by atoms with Gasteiger partial charge in [-0.2, -0.15) is 0 Å². The van der Waals surface area contributed by atoms with Crippen molar-refractivity contribution in [3.63, 3.8) is 0 Å². The third-order valence-electron chi connectivity index (χ3n) is 5.13. The number of likely N-dealkylation sites (N-methyl/N-ethyl adjacent to an activating group) is 1. The molecule has 3 rings (SSSR count). The number of carboxylic acids is 1. The summed E-state index contributed by atoms with van der Waals surface area (Å²) in [5.74, 6) is -0.176. The Labute approximate surface area is 148 Å². The van der Waals surface area contributed by atoms with Crippen LogP contribution in [0.15, 0.2) is 18.2 Å². The van der Waals surface area contributed by atoms with Crippen molar-refractivity contribution >= 4 is 17.4 Å². The van der Waals surface area contributed by atoms with Crippen molar-refractivity contribution in [2.75, 3.05) is 44.2 Å². The number of hydrogen-bond acceptors (Lipinski definition) is 5. The Bertz CT molecular complexity index is 646. The summed E-state index contributed by atoms with van der Waals surface area (Å²) in [5, 5.41) is 9.15. The topological polar surface area (TPSA) is 70.1 Å². The third-order valence-corrected chi connectivity index (χ3v) is 5.13. The smallest absolute Gasteiger partial charge is 0.307 e. The van der Waals surface area contributed by atoms with E-state index in [0.29, 0.717) is 31.7 Å². The lowest BCUT2D eigenvalue weighted by Crippen LogP contribution is -2.39. The fraction of sp³-hybridized carbons (Fsp3) is 0.579. The number of benzene rings is 1. The standard InChI is InChI=1S/C19H26N2O4/c1-2-21-10-11-25-18-12-14(5-6-16(18)21)17(22)7-9-20-8-3-4-15(13-20)19(23)24/h5-6,12,15H,2-4,7-11,13H2,1H3,(H,23,24). The molecule has 1 fully saturated rings. The molecule has 2 aliphatic rings. The van der Waals surface area contributed by atoms with Crippen LogP contribution in [0.25, 0.3) is 0 Å². The lowest BCUT2D eigenvalue weighted by atomic mass is 9.98. The first kappa shape index (κ1) is 17.7. The summed E-state index contributed by atoms with van der Waals surface area (Å²) < 4.78 is 5.71. The van der Waals surface area contributed by atoms with Crippen molar-refractivity contribution in [1.29, 1.82) is 0 Å². The number of ether oxygens (including phenoxy) is 1. The molecule has 0 aliphatic carbocycles. The molecular weight excluding hydrogens is 320 g/mol. The number of ketones is 1. The van der Waals surface area contributed by atoms with Gasteiger partial charge in [-0.05, 0) is 44.5 Å². The molecule has 0 amide bonds. The van der Waals surface area contributed by atoms with E-state index in [2.05, 4.69) is 16.7 Å². The van der Waals surface area contributed by atoms with Gasteiger partial charge in [-0.1, -0.05) is 0 Å². The van der Waals surface area contributed by atoms with Crippen LogP contribution in [0, 0.1) is 5.92 Å². The number of carbonyl (C=O) groups excluding carboxylic acids is 1. The van der Waals surface area contributed by atoms with E-state index in [4.69, 9.17) is 9.84 Å². The van der Waals surface area contributed by atoms with Crippen molar-refractivity contribution in [1.82, 2.24) is 4.90 Å². The van der Waals surface area contributed by atoms with Gasteiger partial charge in [0.2, 0.25) is 0 Å². The van der Waals surface area contributed by atoms with Crippen LogP contribution in [0.2, 0.25) is 0 Å². The number of hydrogen-bond donors (Lipinski definition) is 1. The molecule has 136 valence electrons. The quantitative estimate of drug-likeness (QED) is 0.797. The number of piperidine rings is 1. The average molecular weight is 346 g/mol. The van der Waals surface area contributed by atoms with E-state index in [1.54, 1.807) is 0 Å². The van der Waals surface area contributed by atoms with E-state index in [9.17, 15) is 9.59 Å². The molecule has 1 unspecified atom stereocenters. The van der Waals surface area contributed by atoms with Crippen LogP contribution in [-0.2, 0) is 4.79 Å². The van der Waals surface area contributed by atoms with Gasteiger partial charge in [0.25, 0.3) is 0 Å². The highest BCUT2D eigenvalue weighted by Gasteiger charge is 2.25. The van der Waals surface area contributed by atoms with Crippen LogP contribution < -0.4 is 9.64 Å². The molecule has 6 nitrogen and oxygen atoms in total. The van der Waals surface area contributed by atoms with Crippen molar-refractivity contribution < 1.29 is 19.4 Å². The molecule has 2 aliphatic heterocycles. The number of anilines is 1. The molecule has 1 aromatic carbocycles. The molecule has 0 saturated carbocycles. The van der Waals surface area contributed by atoms with Gasteiger partial charge in [0.1, 0.15) is 12.4 Å². The van der Waals surface area contributed by atoms with Crippen LogP contribution in [0.5, 0.6) is 5.75 Å². The van der Waals surface area contributed by atoms with Gasteiger partial charge in [0.05, 0.1) is 18.2 Å². The second-order valence-corrected chi connectivity index (χ2v) is 6.76. The molecule has 1 saturated heterocycles. The number of carbonyl (C=O) groups is 2. The number of likely N-dealkylation sites (tertiary alicyclic amines) is 1. The number of rotatable bonds is 6. The molecular formula is C19H26N2O4. The Morgan fingerprint density at radius 2 is 2.16 bits per heavy atom. The maximum atomic E-state index is 12.5. The van der Waals surface area contributed by atoms with Crippen LogP contribution in [0.4, 0.5) is 5.69 Å². The maximum absolute atomic E-state index is 12.5. The van der Waals surface area contributed by atoms with E-state index >= 15 is 0 Å². The fourth-order valence-corrected chi connectivity index (χ4v) is 3.64. The van der Waals surface area contributed by atoms with Crippen molar-refractivity contribution in [3.05, 3.63) is 23.8 Å². The second kappa shape index (κ2) is 7.87. The number of fused-ring (bicyclic) bond motifs is 1. The summed E-state index contributed by atoms with van der Waals surface area (Å²) >= 11 is 0. The van der Waals surface area contributed by atoms with Crippen LogP contribution in [-0.4, -0.2) is 61.1 Å². The van der Waals surface area contributed by atoms with Gasteiger partial charge in [-0.25, -0.2) is 0 Å². The van der Waals surface area contributed by atoms with Crippen molar-refractivity contribution in [2.45, 2.75) is 26.2 Å². The largest absolute Gasteiger partial charge is 0.490 e. The minimum absolute atomic E-state index is 0.0810. The van der Waals surface area contributed by atoms with E-state index in [1.807, 2.05) is 18.2 Å². The Balaban J connectivity index is 1.59. The molecule has 1 atom stereocenters. The van der Waals surface area contributed by atoms with Gasteiger partial charge in [0, 0.05) is 31.6 Å². The first-order valence-electron chi connectivity index (χ1n) is 9.08. The number of Topliss-reactive ketones (excluding diaryl/α,β-unsaturated/α-hetero) is 1. The number of nitrogens with zero attached hydrogens (tertiary/aromatic N) is 2. The Kier molecular flexibility index (Phi) is 5.58. The molecule has 0 aromatic heterocycles. The molecule has 2 heterocycles. The van der Waals surface area contributed by atoms with Gasteiger partial charge in [-0.3, -0.25) is 9.59 Å². The third kappa shape index (κ3) is 4.12. The van der Waals surface area contributed by atoms with Crippen molar-refractivity contribution in [3.8, 4) is 5.75 Å². The first-order valence-corrected chi connectivity index (χ1v) is 9.08. The predicted molar refractivity (Wildman–Crippen MR) is 95.6 cm³/mol. The number of carboxylic acid groups (broad SMARTS) is 1. The molecule has 1 N–H and O–H groups in total. The second-order valence-electron chi connectivity index (χ2n) is 6.76. The van der Waals surface area contributed by atoms with Gasteiger partial charge >= 0.3 is 5.97 Å². The SMILES string of the molecule is CCN1CCOc2cc(C(=O)CCN3CCCC(C(=O)O)C3)ccc21. The molecule has 25 heavy (non-hydrogen) atoms. The van der Waals surface area contributed by atoms with E-state index < -0.39 is 5.97 Å². The van der Waals surface area contributed by atoms with E-state index in [0.717, 1.165) is 43.9 Å². The van der Waals surface area contributed by atoms with Gasteiger partial charge in [-0.15, -0.1) is 0 Å². The van der Waals surface area contributed by atoms with Gasteiger partial charge in [0.15, 0.2) is 5.78 Å². The number of aliphatic carboxylic acids is 1. The molecule has 6 heteroatoms. The summed E-state index contributed by atoms with van der Waals surface area (Å²) in [7, 11) is 0. The predicted octanol–water partition coefficient (Wildman–Crippen LogP) is 2.27. The molecule has 0 spiro atoms. The fourth-order valence-electron chi connectivity index (χ4n) is 3.64. The zero-order valence-corrected chi connectivity index (χ0v) is 14.7. The van der Waals surface area contributed by atoms with Crippen LogP contribution >= 0.6 is 0 Å². The zero-order chi connectivity index (χ0) is 17.8. The highest BCUT2D eigenvalue weighted by atomic mass is 16.5. The average Bonchev–Trinajstić information content (AvgIpc) is 2.65. The highest BCUT2D eigenvalue weighted by molar-refractivity contribution is 5.97. The zero-order valence-electron chi connectivity index (χ0n) is 14.7. The molecule has 0 radical (unpaired) electrons. The van der Waals surface area contributed by atoms with Gasteiger partial charge < -0.3 is 19.6 Å². The molecule has 1 aromatic rings. The highest BCUT2D eigenvalue weighted by Crippen LogP contribution is 2.32. The normalized spacial score (nSPS) is 20.7. The lowest BCUT2D eigenvalue weighted by Gasteiger charge is -2.31. The van der Waals surface area contributed by atoms with E-state index in [-0.39, 0.29) is 11.7 Å². The minimum Gasteiger partial charge on any atom is -0.490 e. The van der Waals surface area contributed by atoms with Crippen molar-refractivity contribution in [2.24, 2.45) is 5.92 Å². The Hall–Kier alpha value is -2.08. The van der Waals surface area contributed by atoms with Crippen LogP contribution in [0.1, 0.15) is 36.5 Å². The maximum Gasteiger partial charge on any atom is 0.307 e. The molecule has 0 bridgehead atoms. The lowest BCUT2D eigenvalue weighted by molar-refractivity contribution is -0.143. The summed E-state index contributed by atoms with van der Waals surface area (Å²) in [5.41, 5.74) is 1.72. The Morgan fingerprint density at radius 3 is 2.92 bits per heavy atom. The van der Waals surface area contributed by atoms with E-state index in [1.165, 1.54) is 0 Å². The first-order chi connectivity index (χ1) is 12.1. The summed E-state index contributed by atoms with van der Waals surface area (Å²) in [6.07, 6.45) is 2.02. The minimum atomic E-state index is -0.733.